The second-order valence-electron chi connectivity index (χ2n) is 9.12. The Morgan fingerprint density at radius 3 is 2.31 bits per heavy atom. The maximum absolute atomic E-state index is 12.9. The highest BCUT2D eigenvalue weighted by Gasteiger charge is 2.30. The molecule has 8 nitrogen and oxygen atoms in total. The molecule has 0 saturated heterocycles. The lowest BCUT2D eigenvalue weighted by Crippen LogP contribution is -2.37. The van der Waals surface area contributed by atoms with E-state index in [2.05, 4.69) is 17.1 Å². The minimum absolute atomic E-state index is 0.0246. The van der Waals surface area contributed by atoms with Crippen molar-refractivity contribution in [2.24, 2.45) is 11.8 Å². The van der Waals surface area contributed by atoms with Gasteiger partial charge in [-0.05, 0) is 31.2 Å². The average Bonchev–Trinajstić information content (AvgIpc) is 2.84. The molecule has 3 atom stereocenters. The van der Waals surface area contributed by atoms with E-state index < -0.39 is 29.7 Å². The molecule has 0 aliphatic heterocycles. The lowest BCUT2D eigenvalue weighted by atomic mass is 10.00. The third-order valence-corrected chi connectivity index (χ3v) is 5.70. The molecule has 0 radical (unpaired) electrons. The lowest BCUT2D eigenvalue weighted by molar-refractivity contribution is -0.165. The molecule has 1 aromatic heterocycles. The summed E-state index contributed by atoms with van der Waals surface area (Å²) >= 11 is 0. The minimum atomic E-state index is -0.734. The van der Waals surface area contributed by atoms with Gasteiger partial charge in [0.25, 0.3) is 0 Å². The maximum atomic E-state index is 12.9. The smallest absolute Gasteiger partial charge is 0.309 e. The molecule has 0 spiro atoms. The van der Waals surface area contributed by atoms with Crippen LogP contribution in [0, 0.1) is 11.8 Å². The summed E-state index contributed by atoms with van der Waals surface area (Å²) in [7, 11) is 1.40. The fourth-order valence-corrected chi connectivity index (χ4v) is 3.80. The quantitative estimate of drug-likeness (QED) is 0.207. The first-order valence-electron chi connectivity index (χ1n) is 12.2. The molecular formula is C28H37NO7. The number of carbonyl (C=O) groups is 3. The summed E-state index contributed by atoms with van der Waals surface area (Å²) in [5.74, 6) is -2.13. The number of aromatic nitrogens is 1. The molecule has 1 heterocycles. The molecule has 0 saturated carbocycles. The number of pyridine rings is 1. The molecule has 36 heavy (non-hydrogen) atoms. The van der Waals surface area contributed by atoms with Crippen LogP contribution in [0.1, 0.15) is 63.5 Å². The van der Waals surface area contributed by atoms with Gasteiger partial charge in [0, 0.05) is 32.2 Å². The first kappa shape index (κ1) is 29.0. The number of ether oxygens (including phenoxy) is 4. The van der Waals surface area contributed by atoms with Crippen LogP contribution in [0.15, 0.2) is 42.6 Å². The predicted molar refractivity (Wildman–Crippen MR) is 135 cm³/mol. The van der Waals surface area contributed by atoms with Gasteiger partial charge in [0.05, 0.1) is 19.1 Å². The number of hydrogen-bond donors (Lipinski definition) is 0. The third kappa shape index (κ3) is 8.75. The predicted octanol–water partition coefficient (Wildman–Crippen LogP) is 4.83. The molecule has 0 amide bonds. The van der Waals surface area contributed by atoms with Gasteiger partial charge in [0.15, 0.2) is 17.2 Å². The van der Waals surface area contributed by atoms with Gasteiger partial charge in [0.2, 0.25) is 5.75 Å². The van der Waals surface area contributed by atoms with Crippen LogP contribution < -0.4 is 9.47 Å². The molecular weight excluding hydrogens is 462 g/mol. The zero-order valence-corrected chi connectivity index (χ0v) is 22.0. The number of rotatable bonds is 14. The van der Waals surface area contributed by atoms with Gasteiger partial charge in [-0.3, -0.25) is 14.4 Å². The van der Waals surface area contributed by atoms with E-state index in [4.69, 9.17) is 18.9 Å². The zero-order chi connectivity index (χ0) is 26.7. The van der Waals surface area contributed by atoms with Gasteiger partial charge in [-0.1, -0.05) is 51.1 Å². The van der Waals surface area contributed by atoms with Crippen molar-refractivity contribution in [3.05, 3.63) is 53.9 Å². The van der Waals surface area contributed by atoms with Gasteiger partial charge in [-0.25, -0.2) is 4.98 Å². The Kier molecular flexibility index (Phi) is 11.5. The van der Waals surface area contributed by atoms with Crippen LogP contribution in [0.2, 0.25) is 0 Å². The second-order valence-corrected chi connectivity index (χ2v) is 9.12. The fourth-order valence-electron chi connectivity index (χ4n) is 3.80. The van der Waals surface area contributed by atoms with E-state index in [1.165, 1.54) is 31.9 Å². The van der Waals surface area contributed by atoms with Crippen LogP contribution in [-0.4, -0.2) is 48.6 Å². The Morgan fingerprint density at radius 1 is 1.00 bits per heavy atom. The lowest BCUT2D eigenvalue weighted by Gasteiger charge is -2.28. The molecule has 2 rings (SSSR count). The molecule has 0 bridgehead atoms. The maximum Gasteiger partial charge on any atom is 0.309 e. The largest absolute Gasteiger partial charge is 0.493 e. The molecule has 0 fully saturated rings. The third-order valence-electron chi connectivity index (χ3n) is 5.70. The fraction of sp³-hybridized carbons (Fsp3) is 0.500. The standard InChI is InChI=1S/C28H37NO7/c1-18(2)26(20(4)34-16-10-13-22-11-8-7-9-12-22)36-28(32)19(3)17-23(31)25-27(35-21(5)30)24(33-6)14-15-29-25/h7-9,11-12,14-15,18-20,26H,10,13,16-17H2,1-6H3/t19-,20+,26-/m1/s1. The molecule has 0 aliphatic carbocycles. The van der Waals surface area contributed by atoms with Crippen LogP contribution in [0.4, 0.5) is 0 Å². The summed E-state index contributed by atoms with van der Waals surface area (Å²) in [5, 5.41) is 0. The zero-order valence-electron chi connectivity index (χ0n) is 22.0. The number of methoxy groups -OCH3 is 1. The van der Waals surface area contributed by atoms with E-state index in [1.54, 1.807) is 6.92 Å². The summed E-state index contributed by atoms with van der Waals surface area (Å²) < 4.78 is 22.1. The Labute approximate surface area is 213 Å². The minimum Gasteiger partial charge on any atom is -0.493 e. The highest BCUT2D eigenvalue weighted by atomic mass is 16.6. The summed E-state index contributed by atoms with van der Waals surface area (Å²) in [6.07, 6.45) is 2.22. The number of hydrogen-bond acceptors (Lipinski definition) is 8. The molecule has 0 unspecified atom stereocenters. The van der Waals surface area contributed by atoms with E-state index in [1.807, 2.05) is 39.0 Å². The number of carbonyl (C=O) groups excluding carboxylic acids is 3. The van der Waals surface area contributed by atoms with Gasteiger partial charge in [-0.15, -0.1) is 0 Å². The van der Waals surface area contributed by atoms with Crippen LogP contribution in [-0.2, 0) is 25.5 Å². The molecule has 0 N–H and O–H groups in total. The summed E-state index contributed by atoms with van der Waals surface area (Å²) in [4.78, 5) is 41.4. The first-order chi connectivity index (χ1) is 17.1. The SMILES string of the molecule is COc1ccnc(C(=O)C[C@@H](C)C(=O)O[C@H](C(C)C)[C@H](C)OCCCc2ccccc2)c1OC(C)=O. The number of Topliss-reactive ketones (excluding diaryl/α,β-unsaturated/α-hetero) is 1. The Morgan fingerprint density at radius 2 is 1.69 bits per heavy atom. The van der Waals surface area contributed by atoms with Crippen molar-refractivity contribution < 1.29 is 33.3 Å². The summed E-state index contributed by atoms with van der Waals surface area (Å²) in [6, 6.07) is 11.7. The first-order valence-corrected chi connectivity index (χ1v) is 12.2. The number of ketones is 1. The van der Waals surface area contributed by atoms with Crippen molar-refractivity contribution in [3.63, 3.8) is 0 Å². The number of esters is 2. The van der Waals surface area contributed by atoms with Crippen LogP contribution in [0.5, 0.6) is 11.5 Å². The number of nitrogens with zero attached hydrogens (tertiary/aromatic N) is 1. The van der Waals surface area contributed by atoms with E-state index >= 15 is 0 Å². The molecule has 2 aromatic rings. The highest BCUT2D eigenvalue weighted by molar-refractivity contribution is 5.99. The van der Waals surface area contributed by atoms with Crippen molar-refractivity contribution in [2.75, 3.05) is 13.7 Å². The second kappa shape index (κ2) is 14.3. The molecule has 196 valence electrons. The Balaban J connectivity index is 1.95. The Hall–Kier alpha value is -3.26. The van der Waals surface area contributed by atoms with Crippen molar-refractivity contribution in [1.29, 1.82) is 0 Å². The van der Waals surface area contributed by atoms with Crippen molar-refractivity contribution >= 4 is 17.7 Å². The van der Waals surface area contributed by atoms with Crippen LogP contribution >= 0.6 is 0 Å². The van der Waals surface area contributed by atoms with E-state index in [-0.39, 0.29) is 35.6 Å². The van der Waals surface area contributed by atoms with Crippen LogP contribution in [0.3, 0.4) is 0 Å². The number of benzene rings is 1. The summed E-state index contributed by atoms with van der Waals surface area (Å²) in [6.45, 7) is 9.20. The van der Waals surface area contributed by atoms with Gasteiger partial charge < -0.3 is 18.9 Å². The Bertz CT molecular complexity index is 1010. The van der Waals surface area contributed by atoms with E-state index in [0.717, 1.165) is 12.8 Å². The average molecular weight is 500 g/mol. The van der Waals surface area contributed by atoms with Gasteiger partial charge >= 0.3 is 11.9 Å². The molecule has 0 aliphatic rings. The monoisotopic (exact) mass is 499 g/mol. The highest BCUT2D eigenvalue weighted by Crippen LogP contribution is 2.31. The molecule has 1 aromatic carbocycles. The van der Waals surface area contributed by atoms with Crippen LogP contribution in [0.25, 0.3) is 0 Å². The number of aryl methyl sites for hydroxylation is 1. The van der Waals surface area contributed by atoms with E-state index in [9.17, 15) is 14.4 Å². The van der Waals surface area contributed by atoms with Crippen molar-refractivity contribution in [2.45, 2.75) is 66.1 Å². The molecule has 8 heteroatoms. The van der Waals surface area contributed by atoms with Gasteiger partial charge in [-0.2, -0.15) is 0 Å². The van der Waals surface area contributed by atoms with E-state index in [0.29, 0.717) is 6.61 Å². The van der Waals surface area contributed by atoms with Crippen molar-refractivity contribution in [3.8, 4) is 11.5 Å². The van der Waals surface area contributed by atoms with Crippen molar-refractivity contribution in [1.82, 2.24) is 4.98 Å². The summed E-state index contributed by atoms with van der Waals surface area (Å²) in [5.41, 5.74) is 1.18. The van der Waals surface area contributed by atoms with Gasteiger partial charge in [0.1, 0.15) is 6.10 Å². The normalized spacial score (nSPS) is 13.5. The topological polar surface area (TPSA) is 101 Å².